The van der Waals surface area contributed by atoms with Gasteiger partial charge >= 0.3 is 9.05 Å². The first kappa shape index (κ1) is 12.1. The highest BCUT2D eigenvalue weighted by Gasteiger charge is 2.39. The van der Waals surface area contributed by atoms with Crippen molar-refractivity contribution in [3.8, 4) is 0 Å². The SMILES string of the molecule is [SiH3]O[SiH2]O[Si](O[SiH3])(O[SiH3])O[SiH3]. The Morgan fingerprint density at radius 2 is 1.36 bits per heavy atom. The second-order valence-corrected chi connectivity index (χ2v) is 11.3. The van der Waals surface area contributed by atoms with Crippen LogP contribution in [0, 0.1) is 0 Å². The Labute approximate surface area is 81.8 Å². The highest BCUT2D eigenvalue weighted by atomic mass is 28.5. The van der Waals surface area contributed by atoms with Crippen LogP contribution in [0.25, 0.3) is 0 Å². The molecule has 0 aliphatic heterocycles. The maximum atomic E-state index is 5.35. The van der Waals surface area contributed by atoms with E-state index in [1.165, 1.54) is 0 Å². The van der Waals surface area contributed by atoms with Crippen LogP contribution in [0.5, 0.6) is 0 Å². The van der Waals surface area contributed by atoms with Crippen molar-refractivity contribution in [1.82, 2.24) is 0 Å². The molecule has 0 amide bonds. The highest BCUT2D eigenvalue weighted by molar-refractivity contribution is 6.67. The molecule has 0 aliphatic carbocycles. The molecule has 0 atom stereocenters. The molecule has 0 unspecified atom stereocenters. The van der Waals surface area contributed by atoms with Crippen LogP contribution >= 0.6 is 0 Å². The first-order valence-corrected chi connectivity index (χ1v) is 9.08. The molecule has 0 bridgehead atoms. The maximum absolute atomic E-state index is 5.35. The molecule has 11 heteroatoms. The minimum Gasteiger partial charge on any atom is -0.449 e. The number of rotatable bonds is 6. The topological polar surface area (TPSA) is 46.2 Å². The Bertz CT molecular complexity index is 82.7. The van der Waals surface area contributed by atoms with Gasteiger partial charge in [-0.15, -0.1) is 0 Å². The van der Waals surface area contributed by atoms with Crippen LogP contribution in [-0.4, -0.2) is 61.0 Å². The van der Waals surface area contributed by atoms with Crippen molar-refractivity contribution in [2.24, 2.45) is 0 Å². The largest absolute Gasteiger partial charge is 0.636 e. The van der Waals surface area contributed by atoms with E-state index in [1.807, 2.05) is 0 Å². The van der Waals surface area contributed by atoms with Crippen molar-refractivity contribution in [1.29, 1.82) is 0 Å². The minimum atomic E-state index is -2.59. The smallest absolute Gasteiger partial charge is 0.449 e. The molecular weight excluding hydrogens is 249 g/mol. The van der Waals surface area contributed by atoms with E-state index in [4.69, 9.17) is 20.6 Å². The van der Waals surface area contributed by atoms with Crippen molar-refractivity contribution < 1.29 is 20.6 Å². The van der Waals surface area contributed by atoms with Gasteiger partial charge in [-0.2, -0.15) is 0 Å². The van der Waals surface area contributed by atoms with Gasteiger partial charge in [0.15, 0.2) is 0 Å². The van der Waals surface area contributed by atoms with E-state index in [0.717, 1.165) is 0 Å². The Morgan fingerprint density at radius 1 is 0.909 bits per heavy atom. The van der Waals surface area contributed by atoms with Crippen molar-refractivity contribution in [3.63, 3.8) is 0 Å². The molecule has 0 saturated carbocycles. The third-order valence-electron chi connectivity index (χ3n) is 1.10. The zero-order valence-corrected chi connectivity index (χ0v) is 17.7. The van der Waals surface area contributed by atoms with Gasteiger partial charge in [-0.05, 0) is 0 Å². The number of hydrogen-bond acceptors (Lipinski definition) is 5. The summed E-state index contributed by atoms with van der Waals surface area (Å²) in [5.74, 6) is 0. The first-order chi connectivity index (χ1) is 5.24. The van der Waals surface area contributed by atoms with Gasteiger partial charge in [0, 0.05) is 0 Å². The van der Waals surface area contributed by atoms with Crippen LogP contribution < -0.4 is 0 Å². The fourth-order valence-corrected chi connectivity index (χ4v) is 13.8. The summed E-state index contributed by atoms with van der Waals surface area (Å²) in [7, 11) is -1.00. The zero-order chi connectivity index (χ0) is 8.74. The molecule has 0 saturated heterocycles. The molecule has 0 aromatic heterocycles. The Balaban J connectivity index is 3.84. The van der Waals surface area contributed by atoms with E-state index in [-0.39, 0.29) is 0 Å². The quantitative estimate of drug-likeness (QED) is 0.446. The molecule has 0 aromatic carbocycles. The van der Waals surface area contributed by atoms with Crippen LogP contribution in [0.4, 0.5) is 0 Å². The van der Waals surface area contributed by atoms with E-state index in [1.54, 1.807) is 0 Å². The van der Waals surface area contributed by atoms with Crippen LogP contribution in [0.2, 0.25) is 0 Å². The van der Waals surface area contributed by atoms with Crippen LogP contribution in [0.3, 0.4) is 0 Å². The molecule has 68 valence electrons. The standard InChI is InChI=1S/H14O5Si6/c6-1-10-5-11(2-7,3-8)4-9/h10H2,6-9H3. The van der Waals surface area contributed by atoms with E-state index in [2.05, 4.69) is 0 Å². The summed E-state index contributed by atoms with van der Waals surface area (Å²) in [6.07, 6.45) is 0. The highest BCUT2D eigenvalue weighted by Crippen LogP contribution is 2.04. The second kappa shape index (κ2) is 6.60. The molecule has 0 radical (unpaired) electrons. The molecule has 0 rings (SSSR count). The zero-order valence-electron chi connectivity index (χ0n) is 7.25. The molecule has 0 fully saturated rings. The van der Waals surface area contributed by atoms with E-state index >= 15 is 0 Å². The van der Waals surface area contributed by atoms with E-state index in [9.17, 15) is 0 Å². The lowest BCUT2D eigenvalue weighted by molar-refractivity contribution is 0.176. The maximum Gasteiger partial charge on any atom is 0.636 e. The normalized spacial score (nSPS) is 18.5. The second-order valence-electron chi connectivity index (χ2n) is 1.66. The summed E-state index contributed by atoms with van der Waals surface area (Å²) in [4.78, 5) is 0. The lowest BCUT2D eigenvalue weighted by Gasteiger charge is -2.24. The Morgan fingerprint density at radius 3 is 1.64 bits per heavy atom. The fraction of sp³-hybridized carbons (Fsp3) is 0. The average molecular weight is 263 g/mol. The molecule has 5 nitrogen and oxygen atoms in total. The lowest BCUT2D eigenvalue weighted by Crippen LogP contribution is -2.48. The van der Waals surface area contributed by atoms with Gasteiger partial charge in [-0.3, -0.25) is 0 Å². The molecule has 11 heavy (non-hydrogen) atoms. The van der Waals surface area contributed by atoms with Gasteiger partial charge in [0.05, 0.1) is 0 Å². The van der Waals surface area contributed by atoms with Gasteiger partial charge in [0.1, 0.15) is 41.9 Å². The predicted octanol–water partition coefficient (Wildman–Crippen LogP) is -6.37. The molecule has 0 aliphatic rings. The summed E-state index contributed by atoms with van der Waals surface area (Å²) in [6, 6.07) is 0. The van der Waals surface area contributed by atoms with E-state index in [0.29, 0.717) is 41.9 Å². The summed E-state index contributed by atoms with van der Waals surface area (Å²) in [5, 5.41) is 0. The van der Waals surface area contributed by atoms with E-state index < -0.39 is 19.1 Å². The van der Waals surface area contributed by atoms with Gasteiger partial charge in [0.25, 0.3) is 10.0 Å². The Kier molecular flexibility index (Phi) is 7.26. The van der Waals surface area contributed by atoms with Gasteiger partial charge in [0.2, 0.25) is 0 Å². The summed E-state index contributed by atoms with van der Waals surface area (Å²) in [6.45, 7) is 0. The van der Waals surface area contributed by atoms with Gasteiger partial charge in [-0.1, -0.05) is 0 Å². The average Bonchev–Trinajstić information content (AvgIpc) is 2.08. The molecule has 0 heterocycles. The first-order valence-electron chi connectivity index (χ1n) is 3.03. The summed E-state index contributed by atoms with van der Waals surface area (Å²) < 4.78 is 25.9. The van der Waals surface area contributed by atoms with Crippen LogP contribution in [0.15, 0.2) is 0 Å². The van der Waals surface area contributed by atoms with Crippen molar-refractivity contribution in [2.45, 2.75) is 0 Å². The van der Waals surface area contributed by atoms with Crippen molar-refractivity contribution in [2.75, 3.05) is 0 Å². The predicted molar refractivity (Wildman–Crippen MR) is 59.5 cm³/mol. The Hall–Kier alpha value is 1.10. The summed E-state index contributed by atoms with van der Waals surface area (Å²) in [5.41, 5.74) is 0. The third-order valence-corrected chi connectivity index (χ3v) is 9.93. The van der Waals surface area contributed by atoms with Crippen molar-refractivity contribution >= 4 is 61.0 Å². The molecule has 0 spiro atoms. The fourth-order valence-electron chi connectivity index (χ4n) is 0.558. The summed E-state index contributed by atoms with van der Waals surface area (Å²) >= 11 is 0. The van der Waals surface area contributed by atoms with Gasteiger partial charge in [-0.25, -0.2) is 0 Å². The minimum absolute atomic E-state index is 0.591. The number of hydrogen-bond donors (Lipinski definition) is 0. The molecular formula is H14O5Si6. The molecule has 0 aromatic rings. The lowest BCUT2D eigenvalue weighted by atomic mass is 15.6. The van der Waals surface area contributed by atoms with Crippen molar-refractivity contribution in [3.05, 3.63) is 0 Å². The van der Waals surface area contributed by atoms with Crippen LogP contribution in [0.1, 0.15) is 0 Å². The van der Waals surface area contributed by atoms with Crippen LogP contribution in [-0.2, 0) is 20.6 Å². The molecule has 0 N–H and O–H groups in total. The monoisotopic (exact) mass is 262 g/mol. The van der Waals surface area contributed by atoms with Gasteiger partial charge < -0.3 is 20.6 Å². The third kappa shape index (κ3) is 4.03.